The molecular formula is C11H24O. The molecule has 0 fully saturated rings. The van der Waals surface area contributed by atoms with E-state index in [1.807, 2.05) is 19.9 Å². The van der Waals surface area contributed by atoms with Crippen LogP contribution < -0.4 is 0 Å². The number of phenolic OH excluding ortho intramolecular Hbond substituents is 1. The molecule has 1 rings (SSSR count). The van der Waals surface area contributed by atoms with Gasteiger partial charge in [-0.1, -0.05) is 54.3 Å². The maximum Gasteiger partial charge on any atom is 0.115 e. The summed E-state index contributed by atoms with van der Waals surface area (Å²) in [6.07, 6.45) is 0. The molecular weight excluding hydrogens is 148 g/mol. The van der Waals surface area contributed by atoms with Crippen LogP contribution in [0.15, 0.2) is 30.3 Å². The fourth-order valence-electron chi connectivity index (χ4n) is 0.428. The molecule has 74 valence electrons. The predicted molar refractivity (Wildman–Crippen MR) is 59.6 cm³/mol. The molecule has 0 bridgehead atoms. The van der Waals surface area contributed by atoms with Crippen LogP contribution in [-0.4, -0.2) is 5.11 Å². The van der Waals surface area contributed by atoms with Gasteiger partial charge in [-0.3, -0.25) is 0 Å². The van der Waals surface area contributed by atoms with Gasteiger partial charge < -0.3 is 5.11 Å². The Morgan fingerprint density at radius 2 is 1.17 bits per heavy atom. The van der Waals surface area contributed by atoms with Crippen LogP contribution in [0.25, 0.3) is 0 Å². The summed E-state index contributed by atoms with van der Waals surface area (Å²) >= 11 is 0. The van der Waals surface area contributed by atoms with E-state index in [1.165, 1.54) is 0 Å². The van der Waals surface area contributed by atoms with Gasteiger partial charge in [-0.05, 0) is 12.1 Å². The van der Waals surface area contributed by atoms with Crippen LogP contribution >= 0.6 is 0 Å². The number of hydrogen-bond acceptors (Lipinski definition) is 1. The quantitative estimate of drug-likeness (QED) is 0.617. The Morgan fingerprint density at radius 3 is 1.33 bits per heavy atom. The van der Waals surface area contributed by atoms with E-state index in [0.29, 0.717) is 5.75 Å². The van der Waals surface area contributed by atoms with E-state index in [2.05, 4.69) is 0 Å². The van der Waals surface area contributed by atoms with Gasteiger partial charge in [-0.25, -0.2) is 0 Å². The third-order valence-electron chi connectivity index (χ3n) is 0.756. The second kappa shape index (κ2) is 16.5. The minimum absolute atomic E-state index is 0. The van der Waals surface area contributed by atoms with Crippen molar-refractivity contribution in [3.8, 4) is 5.75 Å². The molecule has 12 heavy (non-hydrogen) atoms. The lowest BCUT2D eigenvalue weighted by Crippen LogP contribution is -1.56. The highest BCUT2D eigenvalue weighted by Crippen LogP contribution is 2.02. The lowest BCUT2D eigenvalue weighted by Gasteiger charge is -1.82. The first-order valence-corrected chi connectivity index (χ1v) is 3.13. The van der Waals surface area contributed by atoms with Crippen LogP contribution in [0.4, 0.5) is 0 Å². The fraction of sp³-hybridized carbons (Fsp3) is 0.455. The van der Waals surface area contributed by atoms with Crippen molar-refractivity contribution in [1.82, 2.24) is 0 Å². The van der Waals surface area contributed by atoms with Gasteiger partial charge in [0.05, 0.1) is 0 Å². The second-order valence-electron chi connectivity index (χ2n) is 1.34. The molecule has 0 heterocycles. The molecule has 1 heteroatoms. The summed E-state index contributed by atoms with van der Waals surface area (Å²) < 4.78 is 0. The highest BCUT2D eigenvalue weighted by atomic mass is 16.3. The average molecular weight is 172 g/mol. The Bertz CT molecular complexity index is 135. The molecule has 1 aromatic carbocycles. The summed E-state index contributed by atoms with van der Waals surface area (Å²) in [5, 5.41) is 8.63. The van der Waals surface area contributed by atoms with Gasteiger partial charge in [-0.15, -0.1) is 0 Å². The van der Waals surface area contributed by atoms with Gasteiger partial charge >= 0.3 is 0 Å². The lowest BCUT2D eigenvalue weighted by molar-refractivity contribution is 0.475. The molecule has 0 radical (unpaired) electrons. The number of phenols is 1. The summed E-state index contributed by atoms with van der Waals surface area (Å²) in [5.74, 6) is 0.322. The molecule has 0 aliphatic rings. The Balaban J connectivity index is -0.0000000600. The molecule has 0 aromatic heterocycles. The SMILES string of the molecule is C.C.C.CC.Oc1ccccc1. The Kier molecular flexibility index (Phi) is 31.0. The molecule has 1 aromatic rings. The Hall–Kier alpha value is -0.980. The average Bonchev–Trinajstić information content (AvgIpc) is 1.94. The Labute approximate surface area is 78.1 Å². The van der Waals surface area contributed by atoms with E-state index in [4.69, 9.17) is 5.11 Å². The molecule has 1 N–H and O–H groups in total. The van der Waals surface area contributed by atoms with E-state index < -0.39 is 0 Å². The van der Waals surface area contributed by atoms with E-state index >= 15 is 0 Å². The summed E-state index contributed by atoms with van der Waals surface area (Å²) in [5.41, 5.74) is 0. The van der Waals surface area contributed by atoms with Crippen molar-refractivity contribution in [2.75, 3.05) is 0 Å². The van der Waals surface area contributed by atoms with Gasteiger partial charge in [0, 0.05) is 0 Å². The standard InChI is InChI=1S/C6H6O.C2H6.3CH4/c7-6-4-2-1-3-5-6;1-2;;;/h1-5,7H;1-2H3;3*1H4. The molecule has 0 aliphatic heterocycles. The zero-order chi connectivity index (χ0) is 7.11. The van der Waals surface area contributed by atoms with Crippen molar-refractivity contribution >= 4 is 0 Å². The van der Waals surface area contributed by atoms with Gasteiger partial charge in [-0.2, -0.15) is 0 Å². The summed E-state index contributed by atoms with van der Waals surface area (Å²) in [6.45, 7) is 4.00. The van der Waals surface area contributed by atoms with Crippen molar-refractivity contribution in [2.24, 2.45) is 0 Å². The third-order valence-corrected chi connectivity index (χ3v) is 0.756. The normalized spacial score (nSPS) is 5.50. The monoisotopic (exact) mass is 172 g/mol. The van der Waals surface area contributed by atoms with Gasteiger partial charge in [0.15, 0.2) is 0 Å². The van der Waals surface area contributed by atoms with Crippen molar-refractivity contribution in [2.45, 2.75) is 36.1 Å². The maximum atomic E-state index is 8.63. The minimum atomic E-state index is 0. The highest BCUT2D eigenvalue weighted by Gasteiger charge is 1.74. The molecule has 0 aliphatic carbocycles. The first-order valence-electron chi connectivity index (χ1n) is 3.13. The molecule has 0 atom stereocenters. The lowest BCUT2D eigenvalue weighted by atomic mass is 10.3. The molecule has 0 amide bonds. The smallest absolute Gasteiger partial charge is 0.115 e. The molecule has 0 saturated carbocycles. The molecule has 0 unspecified atom stereocenters. The fourth-order valence-corrected chi connectivity index (χ4v) is 0.428. The minimum Gasteiger partial charge on any atom is -0.508 e. The summed E-state index contributed by atoms with van der Waals surface area (Å²) in [6, 6.07) is 8.71. The highest BCUT2D eigenvalue weighted by molar-refractivity contribution is 5.18. The number of hydrogen-bond donors (Lipinski definition) is 1. The summed E-state index contributed by atoms with van der Waals surface area (Å²) in [4.78, 5) is 0. The van der Waals surface area contributed by atoms with Crippen molar-refractivity contribution in [3.63, 3.8) is 0 Å². The third kappa shape index (κ3) is 11.8. The number of benzene rings is 1. The Morgan fingerprint density at radius 1 is 0.833 bits per heavy atom. The van der Waals surface area contributed by atoms with E-state index in [9.17, 15) is 0 Å². The van der Waals surface area contributed by atoms with Crippen LogP contribution in [-0.2, 0) is 0 Å². The molecule has 0 spiro atoms. The van der Waals surface area contributed by atoms with Crippen LogP contribution in [0, 0.1) is 0 Å². The number of para-hydroxylation sites is 1. The maximum absolute atomic E-state index is 8.63. The second-order valence-corrected chi connectivity index (χ2v) is 1.34. The van der Waals surface area contributed by atoms with E-state index in [1.54, 1.807) is 24.3 Å². The number of aromatic hydroxyl groups is 1. The van der Waals surface area contributed by atoms with Crippen LogP contribution in [0.3, 0.4) is 0 Å². The first-order chi connectivity index (χ1) is 4.39. The van der Waals surface area contributed by atoms with Crippen LogP contribution in [0.1, 0.15) is 36.1 Å². The summed E-state index contributed by atoms with van der Waals surface area (Å²) in [7, 11) is 0. The predicted octanol–water partition coefficient (Wildman–Crippen LogP) is 4.33. The zero-order valence-electron chi connectivity index (χ0n) is 5.83. The van der Waals surface area contributed by atoms with Gasteiger partial charge in [0.25, 0.3) is 0 Å². The molecule has 0 saturated heterocycles. The van der Waals surface area contributed by atoms with Crippen molar-refractivity contribution in [1.29, 1.82) is 0 Å². The first kappa shape index (κ1) is 22.5. The number of rotatable bonds is 0. The van der Waals surface area contributed by atoms with E-state index in [-0.39, 0.29) is 22.3 Å². The van der Waals surface area contributed by atoms with Crippen LogP contribution in [0.5, 0.6) is 5.75 Å². The van der Waals surface area contributed by atoms with Crippen molar-refractivity contribution in [3.05, 3.63) is 30.3 Å². The topological polar surface area (TPSA) is 20.2 Å². The zero-order valence-corrected chi connectivity index (χ0v) is 5.83. The van der Waals surface area contributed by atoms with Crippen molar-refractivity contribution < 1.29 is 5.11 Å². The van der Waals surface area contributed by atoms with E-state index in [0.717, 1.165) is 0 Å². The van der Waals surface area contributed by atoms with Gasteiger partial charge in [0.1, 0.15) is 5.75 Å². The van der Waals surface area contributed by atoms with Crippen LogP contribution in [0.2, 0.25) is 0 Å². The molecule has 1 nitrogen and oxygen atoms in total. The largest absolute Gasteiger partial charge is 0.508 e. The van der Waals surface area contributed by atoms with Gasteiger partial charge in [0.2, 0.25) is 0 Å².